The predicted octanol–water partition coefficient (Wildman–Crippen LogP) is 4.72. The van der Waals surface area contributed by atoms with Crippen molar-refractivity contribution in [2.75, 3.05) is 5.75 Å². The summed E-state index contributed by atoms with van der Waals surface area (Å²) in [6.07, 6.45) is 1.35. The number of alkyl halides is 3. The highest BCUT2D eigenvalue weighted by Gasteiger charge is 2.37. The molecule has 0 aromatic heterocycles. The third-order valence-corrected chi connectivity index (χ3v) is 5.74. The number of hydrogen-bond donors (Lipinski definition) is 1. The van der Waals surface area contributed by atoms with Crippen LogP contribution in [0.2, 0.25) is 0 Å². The van der Waals surface area contributed by atoms with Gasteiger partial charge in [-0.05, 0) is 55.3 Å². The van der Waals surface area contributed by atoms with Crippen LogP contribution in [0.1, 0.15) is 38.7 Å². The lowest BCUT2D eigenvalue weighted by Gasteiger charge is -2.26. The van der Waals surface area contributed by atoms with Crippen LogP contribution in [-0.4, -0.2) is 29.9 Å². The van der Waals surface area contributed by atoms with Gasteiger partial charge in [-0.1, -0.05) is 13.3 Å². The SMILES string of the molecule is CC1=Nc2ccc(SC(F)(F)F)cc2C1(C)CCCCS(=O)(=O)O. The molecule has 1 atom stereocenters. The van der Waals surface area contributed by atoms with E-state index in [0.29, 0.717) is 18.5 Å². The Bertz CT molecular complexity index is 760. The van der Waals surface area contributed by atoms with Gasteiger partial charge in [0.25, 0.3) is 10.1 Å². The maximum absolute atomic E-state index is 12.6. The quantitative estimate of drug-likeness (QED) is 0.440. The standard InChI is InChI=1S/C15H18F3NO3S2/c1-10-14(2,7-3-4-8-24(20,21)22)12-9-11(23-15(16,17)18)5-6-13(12)19-10/h5-6,9H,3-4,7-8H2,1-2H3,(H,20,21,22). The van der Waals surface area contributed by atoms with Gasteiger partial charge in [0, 0.05) is 16.0 Å². The average molecular weight is 381 g/mol. The molecule has 2 rings (SSSR count). The number of aliphatic imine (C=N–C) groups is 1. The van der Waals surface area contributed by atoms with Crippen LogP contribution in [0.5, 0.6) is 0 Å². The molecule has 24 heavy (non-hydrogen) atoms. The molecule has 1 aromatic rings. The van der Waals surface area contributed by atoms with Gasteiger partial charge in [-0.2, -0.15) is 21.6 Å². The largest absolute Gasteiger partial charge is 0.446 e. The van der Waals surface area contributed by atoms with Gasteiger partial charge < -0.3 is 0 Å². The Kier molecular flexibility index (Phi) is 5.37. The summed E-state index contributed by atoms with van der Waals surface area (Å²) in [5.41, 5.74) is -2.72. The summed E-state index contributed by atoms with van der Waals surface area (Å²) < 4.78 is 68.0. The van der Waals surface area contributed by atoms with Crippen molar-refractivity contribution in [1.29, 1.82) is 0 Å². The molecule has 0 saturated heterocycles. The van der Waals surface area contributed by atoms with Gasteiger partial charge >= 0.3 is 5.51 Å². The highest BCUT2D eigenvalue weighted by atomic mass is 32.2. The first-order valence-corrected chi connectivity index (χ1v) is 9.74. The van der Waals surface area contributed by atoms with Crippen LogP contribution in [0, 0.1) is 0 Å². The van der Waals surface area contributed by atoms with Gasteiger partial charge in [-0.15, -0.1) is 0 Å². The Labute approximate surface area is 143 Å². The molecule has 0 bridgehead atoms. The molecule has 0 spiro atoms. The average Bonchev–Trinajstić information content (AvgIpc) is 2.65. The zero-order chi connectivity index (χ0) is 18.2. The van der Waals surface area contributed by atoms with Gasteiger partial charge in [0.05, 0.1) is 11.4 Å². The van der Waals surface area contributed by atoms with E-state index >= 15 is 0 Å². The van der Waals surface area contributed by atoms with Crippen LogP contribution in [0.4, 0.5) is 18.9 Å². The van der Waals surface area contributed by atoms with E-state index in [-0.39, 0.29) is 28.8 Å². The maximum atomic E-state index is 12.6. The molecule has 1 unspecified atom stereocenters. The normalized spacial score (nSPS) is 20.8. The maximum Gasteiger partial charge on any atom is 0.446 e. The van der Waals surface area contributed by atoms with Gasteiger partial charge in [-0.25, -0.2) is 0 Å². The van der Waals surface area contributed by atoms with Gasteiger partial charge in [0.1, 0.15) is 0 Å². The van der Waals surface area contributed by atoms with Crippen LogP contribution in [0.25, 0.3) is 0 Å². The minimum absolute atomic E-state index is 0.107. The van der Waals surface area contributed by atoms with E-state index in [1.54, 1.807) is 6.07 Å². The molecule has 0 amide bonds. The molecule has 1 aliphatic rings. The first kappa shape index (κ1) is 19.3. The van der Waals surface area contributed by atoms with Crippen LogP contribution < -0.4 is 0 Å². The molecule has 1 aromatic carbocycles. The Morgan fingerprint density at radius 3 is 2.54 bits per heavy atom. The van der Waals surface area contributed by atoms with Crippen molar-refractivity contribution in [3.8, 4) is 0 Å². The Morgan fingerprint density at radius 2 is 1.96 bits per heavy atom. The second-order valence-electron chi connectivity index (χ2n) is 6.00. The molecule has 134 valence electrons. The van der Waals surface area contributed by atoms with Crippen LogP contribution in [0.3, 0.4) is 0 Å². The fourth-order valence-corrected chi connectivity index (χ4v) is 3.98. The Morgan fingerprint density at radius 1 is 1.29 bits per heavy atom. The molecule has 1 N–H and O–H groups in total. The molecule has 9 heteroatoms. The van der Waals surface area contributed by atoms with E-state index in [9.17, 15) is 21.6 Å². The number of hydrogen-bond acceptors (Lipinski definition) is 4. The highest BCUT2D eigenvalue weighted by Crippen LogP contribution is 2.46. The molecule has 1 aliphatic heterocycles. The molecule has 0 aliphatic carbocycles. The number of benzene rings is 1. The summed E-state index contributed by atoms with van der Waals surface area (Å²) in [4.78, 5) is 4.54. The lowest BCUT2D eigenvalue weighted by Crippen LogP contribution is -2.27. The topological polar surface area (TPSA) is 66.7 Å². The van der Waals surface area contributed by atoms with Crippen molar-refractivity contribution in [2.24, 2.45) is 4.99 Å². The third-order valence-electron chi connectivity index (χ3n) is 4.21. The Hall–Kier alpha value is -1.06. The molecule has 0 fully saturated rings. The Balaban J connectivity index is 2.17. The number of thioether (sulfide) groups is 1. The summed E-state index contributed by atoms with van der Waals surface area (Å²) in [5.74, 6) is -0.323. The second-order valence-corrected chi connectivity index (χ2v) is 8.71. The molecular formula is C15H18F3NO3S2. The number of rotatable bonds is 6. The predicted molar refractivity (Wildman–Crippen MR) is 88.7 cm³/mol. The van der Waals surface area contributed by atoms with E-state index in [1.807, 2.05) is 13.8 Å². The van der Waals surface area contributed by atoms with E-state index in [0.717, 1.165) is 11.3 Å². The third kappa shape index (κ3) is 4.73. The van der Waals surface area contributed by atoms with Crippen LogP contribution in [-0.2, 0) is 15.5 Å². The lowest BCUT2D eigenvalue weighted by atomic mass is 9.76. The van der Waals surface area contributed by atoms with Crippen LogP contribution >= 0.6 is 11.8 Å². The monoisotopic (exact) mass is 381 g/mol. The fourth-order valence-electron chi connectivity index (χ4n) is 2.83. The van der Waals surface area contributed by atoms with Crippen molar-refractivity contribution in [2.45, 2.75) is 48.9 Å². The lowest BCUT2D eigenvalue weighted by molar-refractivity contribution is -0.0328. The summed E-state index contributed by atoms with van der Waals surface area (Å²) >= 11 is -0.163. The molecule has 1 heterocycles. The first-order valence-electron chi connectivity index (χ1n) is 7.32. The minimum Gasteiger partial charge on any atom is -0.286 e. The van der Waals surface area contributed by atoms with Crippen molar-refractivity contribution < 1.29 is 26.1 Å². The van der Waals surface area contributed by atoms with E-state index in [2.05, 4.69) is 4.99 Å². The number of fused-ring (bicyclic) bond motifs is 1. The smallest absolute Gasteiger partial charge is 0.286 e. The van der Waals surface area contributed by atoms with Gasteiger partial charge in [0.2, 0.25) is 0 Å². The number of halogens is 3. The second kappa shape index (κ2) is 6.68. The van der Waals surface area contributed by atoms with Crippen molar-refractivity contribution in [1.82, 2.24) is 0 Å². The summed E-state index contributed by atoms with van der Waals surface area (Å²) in [6.45, 7) is 3.71. The molecular weight excluding hydrogens is 363 g/mol. The van der Waals surface area contributed by atoms with E-state index in [4.69, 9.17) is 4.55 Å². The number of nitrogens with zero attached hydrogens (tertiary/aromatic N) is 1. The summed E-state index contributed by atoms with van der Waals surface area (Å²) in [7, 11) is -4.00. The molecule has 4 nitrogen and oxygen atoms in total. The summed E-state index contributed by atoms with van der Waals surface area (Å²) in [5, 5.41) is 0. The fraction of sp³-hybridized carbons (Fsp3) is 0.533. The number of unbranched alkanes of at least 4 members (excludes halogenated alkanes) is 1. The van der Waals surface area contributed by atoms with Crippen molar-refractivity contribution >= 4 is 33.3 Å². The first-order chi connectivity index (χ1) is 10.9. The van der Waals surface area contributed by atoms with Gasteiger partial charge in [0.15, 0.2) is 0 Å². The van der Waals surface area contributed by atoms with E-state index < -0.39 is 21.0 Å². The zero-order valence-corrected chi connectivity index (χ0v) is 14.9. The minimum atomic E-state index is -4.35. The van der Waals surface area contributed by atoms with E-state index in [1.165, 1.54) is 12.1 Å². The van der Waals surface area contributed by atoms with Crippen molar-refractivity contribution in [3.05, 3.63) is 23.8 Å². The van der Waals surface area contributed by atoms with Crippen LogP contribution in [0.15, 0.2) is 28.1 Å². The van der Waals surface area contributed by atoms with Crippen molar-refractivity contribution in [3.63, 3.8) is 0 Å². The summed E-state index contributed by atoms with van der Waals surface area (Å²) in [6, 6.07) is 4.49. The van der Waals surface area contributed by atoms with Gasteiger partial charge in [-0.3, -0.25) is 9.55 Å². The highest BCUT2D eigenvalue weighted by molar-refractivity contribution is 8.00. The molecule has 0 radical (unpaired) electrons. The molecule has 0 saturated carbocycles. The zero-order valence-electron chi connectivity index (χ0n) is 13.2.